The number of aromatic amines is 1. The lowest BCUT2D eigenvalue weighted by molar-refractivity contribution is 0.581. The van der Waals surface area contributed by atoms with Crippen LogP contribution < -0.4 is 15.2 Å². The lowest BCUT2D eigenvalue weighted by atomic mass is 10.0. The van der Waals surface area contributed by atoms with Gasteiger partial charge in [-0.1, -0.05) is 0 Å². The number of nitrogens with zero attached hydrogens (tertiary/aromatic N) is 2. The van der Waals surface area contributed by atoms with E-state index in [1.807, 2.05) is 24.5 Å². The van der Waals surface area contributed by atoms with Crippen LogP contribution in [0, 0.1) is 5.41 Å². The van der Waals surface area contributed by atoms with Gasteiger partial charge in [-0.2, -0.15) is 0 Å². The topological polar surface area (TPSA) is 70.1 Å². The Hall–Kier alpha value is -2.54. The second kappa shape index (κ2) is 6.24. The molecule has 1 unspecified atom stereocenters. The minimum absolute atomic E-state index is 0.0349. The van der Waals surface area contributed by atoms with E-state index >= 15 is 0 Å². The summed E-state index contributed by atoms with van der Waals surface area (Å²) in [5.41, 5.74) is 5.17. The molecule has 5 rings (SSSR count). The van der Waals surface area contributed by atoms with Gasteiger partial charge in [0.25, 0.3) is 5.56 Å². The van der Waals surface area contributed by atoms with Crippen molar-refractivity contribution in [2.24, 2.45) is 12.5 Å². The number of rotatable bonds is 4. The lowest BCUT2D eigenvalue weighted by Crippen LogP contribution is -2.21. The smallest absolute Gasteiger partial charge is 0.274 e. The largest absolute Gasteiger partial charge is 0.370 e. The summed E-state index contributed by atoms with van der Waals surface area (Å²) in [6.07, 6.45) is 9.25. The molecule has 146 valence electrons. The Morgan fingerprint density at radius 2 is 2.00 bits per heavy atom. The van der Waals surface area contributed by atoms with E-state index in [0.29, 0.717) is 10.9 Å². The Labute approximate surface area is 166 Å². The third kappa shape index (κ3) is 2.85. The first-order valence-corrected chi connectivity index (χ1v) is 11.2. The van der Waals surface area contributed by atoms with E-state index in [0.717, 1.165) is 35.3 Å². The van der Waals surface area contributed by atoms with Crippen LogP contribution in [-0.2, 0) is 18.0 Å². The lowest BCUT2D eigenvalue weighted by Gasteiger charge is -2.24. The van der Waals surface area contributed by atoms with Crippen molar-refractivity contribution in [3.05, 3.63) is 47.0 Å². The monoisotopic (exact) mass is 396 g/mol. The molecule has 0 radical (unpaired) electrons. The quantitative estimate of drug-likeness (QED) is 0.711. The Balaban J connectivity index is 1.70. The Morgan fingerprint density at radius 3 is 2.71 bits per heavy atom. The van der Waals surface area contributed by atoms with Crippen LogP contribution in [0.1, 0.15) is 19.3 Å². The molecule has 1 aromatic carbocycles. The van der Waals surface area contributed by atoms with Gasteiger partial charge < -0.3 is 19.2 Å². The third-order valence-corrected chi connectivity index (χ3v) is 6.70. The Morgan fingerprint density at radius 1 is 1.18 bits per heavy atom. The van der Waals surface area contributed by atoms with Crippen LogP contribution in [-0.4, -0.2) is 33.1 Å². The molecule has 3 aromatic rings. The molecule has 1 spiro atoms. The minimum atomic E-state index is -1.14. The molecular weight excluding hydrogens is 372 g/mol. The van der Waals surface area contributed by atoms with Gasteiger partial charge in [-0.3, -0.25) is 4.79 Å². The maximum atomic E-state index is 12.5. The highest BCUT2D eigenvalue weighted by molar-refractivity contribution is 7.85. The van der Waals surface area contributed by atoms with E-state index in [9.17, 15) is 9.00 Å². The fourth-order valence-corrected chi connectivity index (χ4v) is 4.93. The van der Waals surface area contributed by atoms with Crippen molar-refractivity contribution in [1.82, 2.24) is 9.55 Å². The van der Waals surface area contributed by atoms with E-state index in [2.05, 4.69) is 26.7 Å². The van der Waals surface area contributed by atoms with Crippen LogP contribution in [0.2, 0.25) is 0 Å². The molecule has 28 heavy (non-hydrogen) atoms. The van der Waals surface area contributed by atoms with Crippen molar-refractivity contribution >= 4 is 33.3 Å². The first-order valence-electron chi connectivity index (χ1n) is 9.62. The van der Waals surface area contributed by atoms with Crippen LogP contribution >= 0.6 is 0 Å². The van der Waals surface area contributed by atoms with Crippen molar-refractivity contribution in [2.45, 2.75) is 19.3 Å². The van der Waals surface area contributed by atoms with Crippen LogP contribution in [0.5, 0.6) is 0 Å². The molecule has 2 aromatic heterocycles. The number of fused-ring (bicyclic) bond motifs is 1. The van der Waals surface area contributed by atoms with E-state index in [4.69, 9.17) is 0 Å². The van der Waals surface area contributed by atoms with Gasteiger partial charge in [0.15, 0.2) is 0 Å². The number of nitrogens with one attached hydrogen (secondary N) is 2. The molecule has 7 heteroatoms. The van der Waals surface area contributed by atoms with Gasteiger partial charge in [-0.15, -0.1) is 0 Å². The number of hydrogen-bond donors (Lipinski definition) is 2. The molecule has 2 aliphatic rings. The summed E-state index contributed by atoms with van der Waals surface area (Å²) in [7, 11) is 0.637. The zero-order valence-electron chi connectivity index (χ0n) is 16.1. The summed E-state index contributed by atoms with van der Waals surface area (Å²) in [4.78, 5) is 18.0. The summed E-state index contributed by atoms with van der Waals surface area (Å²) in [5, 5.41) is 0.916. The summed E-state index contributed by atoms with van der Waals surface area (Å²) in [5.74, 6) is 0. The molecular formula is C21H24N4O2S. The number of anilines is 2. The Bertz CT molecular complexity index is 1160. The molecule has 1 atom stereocenters. The number of benzene rings is 1. The van der Waals surface area contributed by atoms with Crippen molar-refractivity contribution in [1.29, 1.82) is 0 Å². The van der Waals surface area contributed by atoms with Crippen molar-refractivity contribution in [2.75, 3.05) is 29.0 Å². The van der Waals surface area contributed by atoms with Gasteiger partial charge in [-0.05, 0) is 48.9 Å². The van der Waals surface area contributed by atoms with Gasteiger partial charge in [-0.25, -0.2) is 4.21 Å². The maximum Gasteiger partial charge on any atom is 0.274 e. The molecule has 0 bridgehead atoms. The van der Waals surface area contributed by atoms with Gasteiger partial charge in [0.05, 0.1) is 0 Å². The minimum Gasteiger partial charge on any atom is -0.370 e. The second-order valence-corrected chi connectivity index (χ2v) is 9.30. The van der Waals surface area contributed by atoms with Crippen molar-refractivity contribution in [3.63, 3.8) is 0 Å². The predicted molar refractivity (Wildman–Crippen MR) is 115 cm³/mol. The van der Waals surface area contributed by atoms with Gasteiger partial charge in [0, 0.05) is 66.7 Å². The predicted octanol–water partition coefficient (Wildman–Crippen LogP) is 3.23. The molecule has 3 heterocycles. The van der Waals surface area contributed by atoms with Crippen molar-refractivity contribution in [3.8, 4) is 11.1 Å². The first kappa shape index (κ1) is 17.6. The van der Waals surface area contributed by atoms with Gasteiger partial charge in [0.1, 0.15) is 16.5 Å². The number of aromatic nitrogens is 2. The Kier molecular flexibility index (Phi) is 3.91. The molecule has 1 saturated carbocycles. The number of hydrogen-bond acceptors (Lipinski definition) is 3. The second-order valence-electron chi connectivity index (χ2n) is 8.18. The van der Waals surface area contributed by atoms with E-state index in [1.54, 1.807) is 17.9 Å². The summed E-state index contributed by atoms with van der Waals surface area (Å²) in [6, 6.07) is 8.13. The van der Waals surface area contributed by atoms with Gasteiger partial charge >= 0.3 is 0 Å². The van der Waals surface area contributed by atoms with Crippen LogP contribution in [0.4, 0.5) is 11.4 Å². The van der Waals surface area contributed by atoms with Crippen LogP contribution in [0.3, 0.4) is 0 Å². The molecule has 1 saturated heterocycles. The van der Waals surface area contributed by atoms with E-state index < -0.39 is 11.0 Å². The molecule has 0 amide bonds. The number of pyridine rings is 1. The number of aryl methyl sites for hydroxylation is 1. The van der Waals surface area contributed by atoms with E-state index in [-0.39, 0.29) is 5.56 Å². The highest BCUT2D eigenvalue weighted by Crippen LogP contribution is 2.54. The highest BCUT2D eigenvalue weighted by atomic mass is 32.2. The van der Waals surface area contributed by atoms with Crippen molar-refractivity contribution < 1.29 is 4.21 Å². The maximum absolute atomic E-state index is 12.5. The summed E-state index contributed by atoms with van der Waals surface area (Å²) >= 11 is 0. The number of H-pyrrole nitrogens is 1. The molecule has 2 fully saturated rings. The summed E-state index contributed by atoms with van der Waals surface area (Å²) < 4.78 is 16.3. The fourth-order valence-electron chi connectivity index (χ4n) is 4.47. The van der Waals surface area contributed by atoms with Crippen LogP contribution in [0.15, 0.2) is 41.5 Å². The van der Waals surface area contributed by atoms with Crippen LogP contribution in [0.25, 0.3) is 22.0 Å². The highest BCUT2D eigenvalue weighted by Gasteiger charge is 2.48. The fraction of sp³-hybridized carbons (Fsp3) is 0.381. The SMILES string of the molecule is Cn1cc(-c2cc(NS(C)=O)ccc2N2CCC3(CC3)C2)c2cc[nH]c2c1=O. The molecule has 6 nitrogen and oxygen atoms in total. The average Bonchev–Trinajstić information content (AvgIpc) is 3.04. The molecule has 1 aliphatic carbocycles. The normalized spacial score (nSPS) is 18.7. The standard InChI is InChI=1S/C21H24N4O2S/c1-24-12-17(15-5-9-22-19(15)20(24)26)16-11-14(23-28(2)27)3-4-18(16)25-10-8-21(13-25)6-7-21/h3-5,9,11-12,22-23H,6-8,10,13H2,1-2H3. The zero-order valence-corrected chi connectivity index (χ0v) is 16.9. The van der Waals surface area contributed by atoms with Gasteiger partial charge in [0.2, 0.25) is 0 Å². The molecule has 2 N–H and O–H groups in total. The first-order chi connectivity index (χ1) is 13.5. The summed E-state index contributed by atoms with van der Waals surface area (Å²) in [6.45, 7) is 2.15. The zero-order chi connectivity index (χ0) is 19.5. The third-order valence-electron chi connectivity index (χ3n) is 6.18. The van der Waals surface area contributed by atoms with E-state index in [1.165, 1.54) is 24.9 Å². The molecule has 1 aliphatic heterocycles. The average molecular weight is 397 g/mol.